The van der Waals surface area contributed by atoms with Crippen LogP contribution in [0.25, 0.3) is 0 Å². The van der Waals surface area contributed by atoms with E-state index in [4.69, 9.17) is 4.74 Å². The Bertz CT molecular complexity index is 930. The van der Waals surface area contributed by atoms with Crippen LogP contribution in [0.1, 0.15) is 23.0 Å². The van der Waals surface area contributed by atoms with Gasteiger partial charge in [-0.1, -0.05) is 12.1 Å². The van der Waals surface area contributed by atoms with Gasteiger partial charge in [0, 0.05) is 31.5 Å². The third kappa shape index (κ3) is 5.72. The fraction of sp³-hybridized carbons (Fsp3) is 0.381. The van der Waals surface area contributed by atoms with Crippen LogP contribution in [-0.4, -0.2) is 61.1 Å². The van der Waals surface area contributed by atoms with Crippen molar-refractivity contribution in [3.05, 3.63) is 53.9 Å². The summed E-state index contributed by atoms with van der Waals surface area (Å²) in [6.45, 7) is 4.03. The highest BCUT2D eigenvalue weighted by molar-refractivity contribution is 5.99. The summed E-state index contributed by atoms with van der Waals surface area (Å²) in [4.78, 5) is 32.7. The molecule has 0 atom stereocenters. The highest BCUT2D eigenvalue weighted by atomic mass is 19.4. The number of aromatic nitrogens is 1. The second-order valence-corrected chi connectivity index (χ2v) is 6.91. The van der Waals surface area contributed by atoms with Crippen molar-refractivity contribution in [2.45, 2.75) is 13.1 Å². The lowest BCUT2D eigenvalue weighted by atomic mass is 10.1. The van der Waals surface area contributed by atoms with Gasteiger partial charge >= 0.3 is 6.18 Å². The molecule has 2 heterocycles. The number of para-hydroxylation sites is 1. The molecule has 0 unspecified atom stereocenters. The summed E-state index contributed by atoms with van der Waals surface area (Å²) >= 11 is 0. The van der Waals surface area contributed by atoms with Crippen molar-refractivity contribution in [1.82, 2.24) is 9.88 Å². The lowest BCUT2D eigenvalue weighted by Crippen LogP contribution is -2.39. The number of likely N-dealkylation sites (N-methyl/N-ethyl adjacent to an activating group) is 1. The second-order valence-electron chi connectivity index (χ2n) is 6.91. The zero-order valence-corrected chi connectivity index (χ0v) is 17.0. The predicted octanol–water partition coefficient (Wildman–Crippen LogP) is 3.04. The summed E-state index contributed by atoms with van der Waals surface area (Å²) in [5, 5.41) is 2.26. The third-order valence-electron chi connectivity index (χ3n) is 4.85. The summed E-state index contributed by atoms with van der Waals surface area (Å²) in [6.07, 6.45) is -3.08. The number of hydrogen-bond acceptors (Lipinski definition) is 5. The van der Waals surface area contributed by atoms with Gasteiger partial charge in [-0.2, -0.15) is 13.2 Å². The van der Waals surface area contributed by atoms with Gasteiger partial charge < -0.3 is 19.9 Å². The number of ether oxygens (including phenoxy) is 1. The molecule has 1 aromatic carbocycles. The van der Waals surface area contributed by atoms with Gasteiger partial charge in [0.25, 0.3) is 5.91 Å². The number of nitrogens with one attached hydrogen (secondary N) is 1. The number of carbonyl (C=O) groups is 2. The van der Waals surface area contributed by atoms with Gasteiger partial charge in [0.2, 0.25) is 5.91 Å². The maximum atomic E-state index is 13.1. The lowest BCUT2D eigenvalue weighted by Gasteiger charge is -2.29. The molecule has 1 saturated heterocycles. The first-order valence-electron chi connectivity index (χ1n) is 9.83. The SMILES string of the molecule is CCN(CC(=O)Nc1ccccc1C(F)(F)F)C(=O)c1cc(N2CCOCC2)ccn1. The minimum absolute atomic E-state index is 0.161. The quantitative estimate of drug-likeness (QED) is 0.754. The summed E-state index contributed by atoms with van der Waals surface area (Å²) in [6, 6.07) is 8.14. The standard InChI is InChI=1S/C21H23F3N4O3/c1-2-27(14-19(29)26-17-6-4-3-5-16(17)21(22,23)24)20(30)18-13-15(7-8-25-18)28-9-11-31-12-10-28/h3-8,13H,2,9-12,14H2,1H3,(H,26,29). The molecular weight excluding hydrogens is 413 g/mol. The maximum absolute atomic E-state index is 13.1. The second kappa shape index (κ2) is 9.78. The number of rotatable bonds is 6. The van der Waals surface area contributed by atoms with Crippen molar-refractivity contribution in [1.29, 1.82) is 0 Å². The molecule has 7 nitrogen and oxygen atoms in total. The van der Waals surface area contributed by atoms with Crippen LogP contribution in [0.4, 0.5) is 24.5 Å². The zero-order chi connectivity index (χ0) is 22.4. The Hall–Kier alpha value is -3.14. The molecule has 1 aromatic heterocycles. The molecule has 2 amide bonds. The maximum Gasteiger partial charge on any atom is 0.418 e. The van der Waals surface area contributed by atoms with E-state index in [9.17, 15) is 22.8 Å². The van der Waals surface area contributed by atoms with E-state index in [1.807, 2.05) is 0 Å². The van der Waals surface area contributed by atoms with Crippen LogP contribution in [0.15, 0.2) is 42.6 Å². The van der Waals surface area contributed by atoms with Gasteiger partial charge in [0.1, 0.15) is 12.2 Å². The van der Waals surface area contributed by atoms with E-state index in [0.717, 1.165) is 11.8 Å². The molecule has 0 saturated carbocycles. The van der Waals surface area contributed by atoms with Gasteiger partial charge in [0.15, 0.2) is 0 Å². The van der Waals surface area contributed by atoms with Crippen LogP contribution < -0.4 is 10.2 Å². The number of halogens is 3. The van der Waals surface area contributed by atoms with Crippen molar-refractivity contribution < 1.29 is 27.5 Å². The zero-order valence-electron chi connectivity index (χ0n) is 17.0. The highest BCUT2D eigenvalue weighted by Gasteiger charge is 2.33. The van der Waals surface area contributed by atoms with E-state index < -0.39 is 30.1 Å². The van der Waals surface area contributed by atoms with Gasteiger partial charge in [-0.3, -0.25) is 14.6 Å². The molecule has 0 spiro atoms. The van der Waals surface area contributed by atoms with Crippen LogP contribution in [0, 0.1) is 0 Å². The van der Waals surface area contributed by atoms with E-state index >= 15 is 0 Å². The first kappa shape index (κ1) is 22.5. The molecule has 0 aliphatic carbocycles. The molecule has 3 rings (SSSR count). The van der Waals surface area contributed by atoms with Crippen molar-refractivity contribution in [2.75, 3.05) is 49.6 Å². The van der Waals surface area contributed by atoms with E-state index in [0.29, 0.717) is 26.3 Å². The molecule has 1 aliphatic rings. The molecule has 1 fully saturated rings. The molecule has 10 heteroatoms. The van der Waals surface area contributed by atoms with Crippen molar-refractivity contribution in [3.8, 4) is 0 Å². The Labute approximate surface area is 177 Å². The molecule has 1 aliphatic heterocycles. The molecule has 2 aromatic rings. The third-order valence-corrected chi connectivity index (χ3v) is 4.85. The van der Waals surface area contributed by atoms with Crippen LogP contribution in [0.5, 0.6) is 0 Å². The Kier molecular flexibility index (Phi) is 7.11. The van der Waals surface area contributed by atoms with Crippen LogP contribution in [0.3, 0.4) is 0 Å². The monoisotopic (exact) mass is 436 g/mol. The molecule has 0 radical (unpaired) electrons. The van der Waals surface area contributed by atoms with Gasteiger partial charge in [-0.25, -0.2) is 0 Å². The minimum Gasteiger partial charge on any atom is -0.378 e. The summed E-state index contributed by atoms with van der Waals surface area (Å²) in [5.41, 5.74) is -0.316. The largest absolute Gasteiger partial charge is 0.418 e. The highest BCUT2D eigenvalue weighted by Crippen LogP contribution is 2.34. The number of hydrogen-bond donors (Lipinski definition) is 1. The van der Waals surface area contributed by atoms with Crippen LogP contribution in [0.2, 0.25) is 0 Å². The lowest BCUT2D eigenvalue weighted by molar-refractivity contribution is -0.137. The fourth-order valence-electron chi connectivity index (χ4n) is 3.25. The molecule has 31 heavy (non-hydrogen) atoms. The Morgan fingerprint density at radius 1 is 1.19 bits per heavy atom. The number of amides is 2. The number of carbonyl (C=O) groups excluding carboxylic acids is 2. The van der Waals surface area contributed by atoms with E-state index in [1.165, 1.54) is 29.3 Å². The normalized spacial score (nSPS) is 14.3. The average molecular weight is 436 g/mol. The molecular formula is C21H23F3N4O3. The van der Waals surface area contributed by atoms with Crippen molar-refractivity contribution >= 4 is 23.2 Å². The summed E-state index contributed by atoms with van der Waals surface area (Å²) < 4.78 is 44.7. The molecule has 0 bridgehead atoms. The Balaban J connectivity index is 1.70. The van der Waals surface area contributed by atoms with Gasteiger partial charge in [0.05, 0.1) is 24.5 Å². The van der Waals surface area contributed by atoms with E-state index in [-0.39, 0.29) is 17.9 Å². The topological polar surface area (TPSA) is 74.8 Å². The Morgan fingerprint density at radius 3 is 2.58 bits per heavy atom. The van der Waals surface area contributed by atoms with E-state index in [1.54, 1.807) is 19.1 Å². The number of alkyl halides is 3. The van der Waals surface area contributed by atoms with Crippen molar-refractivity contribution in [2.24, 2.45) is 0 Å². The number of pyridine rings is 1. The summed E-state index contributed by atoms with van der Waals surface area (Å²) in [7, 11) is 0. The summed E-state index contributed by atoms with van der Waals surface area (Å²) in [5.74, 6) is -1.20. The van der Waals surface area contributed by atoms with Crippen LogP contribution in [-0.2, 0) is 15.7 Å². The first-order valence-corrected chi connectivity index (χ1v) is 9.83. The fourth-order valence-corrected chi connectivity index (χ4v) is 3.25. The van der Waals surface area contributed by atoms with Gasteiger partial charge in [-0.15, -0.1) is 0 Å². The number of benzene rings is 1. The minimum atomic E-state index is -4.60. The number of morpholine rings is 1. The van der Waals surface area contributed by atoms with Crippen molar-refractivity contribution in [3.63, 3.8) is 0 Å². The van der Waals surface area contributed by atoms with E-state index in [2.05, 4.69) is 15.2 Å². The number of nitrogens with zero attached hydrogens (tertiary/aromatic N) is 3. The predicted molar refractivity (Wildman–Crippen MR) is 109 cm³/mol. The number of anilines is 2. The molecule has 166 valence electrons. The Morgan fingerprint density at radius 2 is 1.90 bits per heavy atom. The first-order chi connectivity index (χ1) is 14.8. The van der Waals surface area contributed by atoms with Crippen LogP contribution >= 0.6 is 0 Å². The average Bonchev–Trinajstić information content (AvgIpc) is 2.77. The van der Waals surface area contributed by atoms with Gasteiger partial charge in [-0.05, 0) is 31.2 Å². The smallest absolute Gasteiger partial charge is 0.378 e. The molecule has 1 N–H and O–H groups in total.